The van der Waals surface area contributed by atoms with Crippen molar-refractivity contribution in [3.05, 3.63) is 32.6 Å². The van der Waals surface area contributed by atoms with Gasteiger partial charge >= 0.3 is 0 Å². The van der Waals surface area contributed by atoms with Gasteiger partial charge in [0.25, 0.3) is 10.0 Å². The molecular formula is C18H22BrClN2O5S2. The molecule has 3 rings (SSSR count). The Hall–Kier alpha value is -1.04. The average molecular weight is 526 g/mol. The van der Waals surface area contributed by atoms with Gasteiger partial charge in [0.2, 0.25) is 0 Å². The molecular weight excluding hydrogens is 504 g/mol. The summed E-state index contributed by atoms with van der Waals surface area (Å²) in [7, 11) is 1.25. The minimum atomic E-state index is -3.55. The highest BCUT2D eigenvalue weighted by atomic mass is 79.9. The van der Waals surface area contributed by atoms with Gasteiger partial charge in [-0.05, 0) is 22.0 Å². The number of benzene rings is 1. The second kappa shape index (κ2) is 9.40. The maximum atomic E-state index is 12.9. The van der Waals surface area contributed by atoms with E-state index in [-0.39, 0.29) is 4.21 Å². The molecule has 160 valence electrons. The first-order chi connectivity index (χ1) is 13.8. The molecule has 1 aromatic heterocycles. The number of methoxy groups -OCH3 is 3. The summed E-state index contributed by atoms with van der Waals surface area (Å²) in [5, 5.41) is 0. The highest BCUT2D eigenvalue weighted by Gasteiger charge is 2.31. The fourth-order valence-electron chi connectivity index (χ4n) is 3.17. The topological polar surface area (TPSA) is 68.3 Å². The van der Waals surface area contributed by atoms with Crippen LogP contribution in [0.25, 0.3) is 0 Å². The van der Waals surface area contributed by atoms with Gasteiger partial charge in [-0.3, -0.25) is 4.90 Å². The quantitative estimate of drug-likeness (QED) is 0.549. The van der Waals surface area contributed by atoms with Crippen molar-refractivity contribution in [3.63, 3.8) is 0 Å². The largest absolute Gasteiger partial charge is 0.496 e. The van der Waals surface area contributed by atoms with Crippen LogP contribution >= 0.6 is 38.9 Å². The first-order valence-electron chi connectivity index (χ1n) is 8.76. The summed E-state index contributed by atoms with van der Waals surface area (Å²) in [6.45, 7) is 2.57. The number of hydrogen-bond donors (Lipinski definition) is 0. The van der Waals surface area contributed by atoms with E-state index in [9.17, 15) is 8.42 Å². The fraction of sp³-hybridized carbons (Fsp3) is 0.444. The van der Waals surface area contributed by atoms with Crippen LogP contribution < -0.4 is 14.2 Å². The minimum absolute atomic E-state index is 0.251. The van der Waals surface area contributed by atoms with Gasteiger partial charge in [0.1, 0.15) is 25.8 Å². The summed E-state index contributed by atoms with van der Waals surface area (Å²) < 4.78 is 44.8. The first-order valence-corrected chi connectivity index (χ1v) is 12.2. The van der Waals surface area contributed by atoms with Crippen LogP contribution in [0.2, 0.25) is 4.34 Å². The van der Waals surface area contributed by atoms with Crippen LogP contribution in [0.5, 0.6) is 17.2 Å². The van der Waals surface area contributed by atoms with Crippen molar-refractivity contribution in [2.45, 2.75) is 10.8 Å². The van der Waals surface area contributed by atoms with E-state index in [0.29, 0.717) is 58.8 Å². The summed E-state index contributed by atoms with van der Waals surface area (Å²) in [6, 6.07) is 5.19. The van der Waals surface area contributed by atoms with Crippen LogP contribution in [-0.4, -0.2) is 65.1 Å². The molecule has 1 saturated heterocycles. The van der Waals surface area contributed by atoms with E-state index in [0.717, 1.165) is 16.9 Å². The van der Waals surface area contributed by atoms with Crippen LogP contribution in [0, 0.1) is 0 Å². The Morgan fingerprint density at radius 2 is 1.62 bits per heavy atom. The molecule has 0 bridgehead atoms. The van der Waals surface area contributed by atoms with Crippen molar-refractivity contribution >= 4 is 48.9 Å². The van der Waals surface area contributed by atoms with Crippen molar-refractivity contribution in [2.24, 2.45) is 0 Å². The highest BCUT2D eigenvalue weighted by molar-refractivity contribution is 9.10. The van der Waals surface area contributed by atoms with Gasteiger partial charge in [-0.1, -0.05) is 11.6 Å². The van der Waals surface area contributed by atoms with Crippen LogP contribution in [-0.2, 0) is 16.6 Å². The number of piperazine rings is 1. The van der Waals surface area contributed by atoms with Gasteiger partial charge in [0.05, 0.1) is 26.9 Å². The van der Waals surface area contributed by atoms with Crippen molar-refractivity contribution in [3.8, 4) is 17.2 Å². The minimum Gasteiger partial charge on any atom is -0.496 e. The maximum absolute atomic E-state index is 12.9. The summed E-state index contributed by atoms with van der Waals surface area (Å²) in [4.78, 5) is 2.18. The van der Waals surface area contributed by atoms with Gasteiger partial charge < -0.3 is 14.2 Å². The molecule has 0 N–H and O–H groups in total. The predicted molar refractivity (Wildman–Crippen MR) is 117 cm³/mol. The lowest BCUT2D eigenvalue weighted by Crippen LogP contribution is -2.48. The van der Waals surface area contributed by atoms with E-state index in [1.807, 2.05) is 12.1 Å². The lowest BCUT2D eigenvalue weighted by Gasteiger charge is -2.34. The third-order valence-electron chi connectivity index (χ3n) is 4.75. The van der Waals surface area contributed by atoms with E-state index in [4.69, 9.17) is 25.8 Å². The third-order valence-corrected chi connectivity index (χ3v) is 9.57. The summed E-state index contributed by atoms with van der Waals surface area (Å²) >= 11 is 10.3. The van der Waals surface area contributed by atoms with Gasteiger partial charge in [-0.25, -0.2) is 8.42 Å². The van der Waals surface area contributed by atoms with E-state index >= 15 is 0 Å². The normalized spacial score (nSPS) is 16.0. The Kier molecular flexibility index (Phi) is 7.34. The fourth-order valence-corrected chi connectivity index (χ4v) is 7.04. The van der Waals surface area contributed by atoms with Gasteiger partial charge in [0.15, 0.2) is 0 Å². The highest BCUT2D eigenvalue weighted by Crippen LogP contribution is 2.37. The zero-order valence-corrected chi connectivity index (χ0v) is 20.3. The summed E-state index contributed by atoms with van der Waals surface area (Å²) in [5.74, 6) is 2.00. The molecule has 0 radical (unpaired) electrons. The van der Waals surface area contributed by atoms with Crippen LogP contribution in [0.3, 0.4) is 0 Å². The molecule has 1 fully saturated rings. The van der Waals surface area contributed by atoms with E-state index in [2.05, 4.69) is 20.8 Å². The monoisotopic (exact) mass is 524 g/mol. The maximum Gasteiger partial charge on any atom is 0.252 e. The SMILES string of the molecule is COc1cc(OC)c(CN2CCN(S(=O)(=O)c3cc(Br)c(Cl)s3)CC2)c(OC)c1. The Labute approximate surface area is 188 Å². The molecule has 0 unspecified atom stereocenters. The molecule has 1 aliphatic heterocycles. The third kappa shape index (κ3) is 4.83. The number of rotatable bonds is 7. The first kappa shape index (κ1) is 22.6. The zero-order valence-electron chi connectivity index (χ0n) is 16.3. The molecule has 0 spiro atoms. The van der Waals surface area contributed by atoms with E-state index in [1.54, 1.807) is 27.4 Å². The second-order valence-corrected chi connectivity index (χ2v) is 11.1. The van der Waals surface area contributed by atoms with Crippen LogP contribution in [0.1, 0.15) is 5.56 Å². The lowest BCUT2D eigenvalue weighted by atomic mass is 10.1. The number of nitrogens with zero attached hydrogens (tertiary/aromatic N) is 2. The molecule has 29 heavy (non-hydrogen) atoms. The number of ether oxygens (including phenoxy) is 3. The molecule has 0 saturated carbocycles. The Balaban J connectivity index is 1.72. The molecule has 2 aromatic rings. The molecule has 0 amide bonds. The number of thiophene rings is 1. The number of sulfonamides is 1. The molecule has 1 aliphatic rings. The molecule has 7 nitrogen and oxygen atoms in total. The zero-order chi connectivity index (χ0) is 21.2. The van der Waals surface area contributed by atoms with E-state index in [1.165, 1.54) is 4.31 Å². The molecule has 0 aliphatic carbocycles. The smallest absolute Gasteiger partial charge is 0.252 e. The second-order valence-electron chi connectivity index (χ2n) is 6.38. The Morgan fingerprint density at radius 3 is 2.07 bits per heavy atom. The van der Waals surface area contributed by atoms with Gasteiger partial charge in [-0.2, -0.15) is 4.31 Å². The average Bonchev–Trinajstić information content (AvgIpc) is 3.07. The van der Waals surface area contributed by atoms with Gasteiger partial charge in [0, 0.05) is 49.3 Å². The van der Waals surface area contributed by atoms with Crippen molar-refractivity contribution in [1.29, 1.82) is 0 Å². The standard InChI is InChI=1S/C18H22BrClN2O5S2/c1-25-12-8-15(26-2)13(16(9-12)27-3)11-21-4-6-22(7-5-21)29(23,24)17-10-14(19)18(20)28-17/h8-10H,4-7,11H2,1-3H3. The van der Waals surface area contributed by atoms with E-state index < -0.39 is 10.0 Å². The Bertz CT molecular complexity index is 930. The predicted octanol–water partition coefficient (Wildman–Crippen LogP) is 3.70. The summed E-state index contributed by atoms with van der Waals surface area (Å²) in [6.07, 6.45) is 0. The Morgan fingerprint density at radius 1 is 1.03 bits per heavy atom. The van der Waals surface area contributed by atoms with Gasteiger partial charge in [-0.15, -0.1) is 11.3 Å². The van der Waals surface area contributed by atoms with Crippen LogP contribution in [0.4, 0.5) is 0 Å². The molecule has 0 atom stereocenters. The molecule has 11 heteroatoms. The lowest BCUT2D eigenvalue weighted by molar-refractivity contribution is 0.178. The van der Waals surface area contributed by atoms with Crippen molar-refractivity contribution in [1.82, 2.24) is 9.21 Å². The van der Waals surface area contributed by atoms with Crippen LogP contribution in [0.15, 0.2) is 26.9 Å². The summed E-state index contributed by atoms with van der Waals surface area (Å²) in [5.41, 5.74) is 0.904. The van der Waals surface area contributed by atoms with Crippen molar-refractivity contribution in [2.75, 3.05) is 47.5 Å². The van der Waals surface area contributed by atoms with Crippen molar-refractivity contribution < 1.29 is 22.6 Å². The molecule has 1 aromatic carbocycles. The number of halogens is 2. The molecule has 2 heterocycles. The number of hydrogen-bond acceptors (Lipinski definition) is 7.